The van der Waals surface area contributed by atoms with Crippen molar-refractivity contribution < 1.29 is 9.84 Å². The second-order valence-corrected chi connectivity index (χ2v) is 8.00. The summed E-state index contributed by atoms with van der Waals surface area (Å²) in [5.41, 5.74) is 4.20. The van der Waals surface area contributed by atoms with Gasteiger partial charge in [-0.1, -0.05) is 47.5 Å². The van der Waals surface area contributed by atoms with Crippen molar-refractivity contribution in [2.24, 2.45) is 0 Å². The van der Waals surface area contributed by atoms with Gasteiger partial charge in [0.15, 0.2) is 0 Å². The van der Waals surface area contributed by atoms with Crippen molar-refractivity contribution in [3.8, 4) is 16.9 Å². The molecule has 5 nitrogen and oxygen atoms in total. The van der Waals surface area contributed by atoms with Crippen LogP contribution in [0.2, 0.25) is 10.0 Å². The van der Waals surface area contributed by atoms with Gasteiger partial charge in [0.05, 0.1) is 35.3 Å². The average Bonchev–Trinajstić information content (AvgIpc) is 3.07. The van der Waals surface area contributed by atoms with E-state index >= 15 is 0 Å². The first-order valence-electron chi connectivity index (χ1n) is 9.63. The maximum absolute atomic E-state index is 11.0. The summed E-state index contributed by atoms with van der Waals surface area (Å²) in [6, 6.07) is 15.2. The first-order chi connectivity index (χ1) is 14.0. The Morgan fingerprint density at radius 1 is 1.07 bits per heavy atom. The molecule has 2 heterocycles. The Balaban J connectivity index is 1.78. The molecular weight excluding hydrogens is 409 g/mol. The molecule has 1 fully saturated rings. The Morgan fingerprint density at radius 3 is 2.45 bits per heavy atom. The summed E-state index contributed by atoms with van der Waals surface area (Å²) < 4.78 is 7.22. The number of rotatable bonds is 5. The van der Waals surface area contributed by atoms with Gasteiger partial charge in [-0.25, -0.2) is 4.68 Å². The largest absolute Gasteiger partial charge is 0.385 e. The summed E-state index contributed by atoms with van der Waals surface area (Å²) in [5, 5.41) is 17.0. The van der Waals surface area contributed by atoms with E-state index in [2.05, 4.69) is 4.90 Å². The average molecular weight is 432 g/mol. The number of halogens is 2. The molecule has 0 spiro atoms. The lowest BCUT2D eigenvalue weighted by Crippen LogP contribution is -2.39. The second kappa shape index (κ2) is 8.86. The number of aromatic nitrogens is 2. The molecule has 1 N–H and O–H groups in total. The third-order valence-electron chi connectivity index (χ3n) is 5.21. The number of benzene rings is 2. The molecule has 1 atom stereocenters. The van der Waals surface area contributed by atoms with Crippen molar-refractivity contribution >= 4 is 23.2 Å². The zero-order valence-corrected chi connectivity index (χ0v) is 17.7. The topological polar surface area (TPSA) is 50.5 Å². The normalized spacial score (nSPS) is 16.1. The van der Waals surface area contributed by atoms with Gasteiger partial charge in [0.1, 0.15) is 6.10 Å². The van der Waals surface area contributed by atoms with Gasteiger partial charge in [0.2, 0.25) is 0 Å². The number of morpholine rings is 1. The molecule has 7 heteroatoms. The summed E-state index contributed by atoms with van der Waals surface area (Å²) in [5.74, 6) is 0. The number of ether oxygens (including phenoxy) is 1. The number of β-amino-alcohol motifs (C(OH)–C–C–N with tert-alkyl or cyclic N) is 1. The Kier molecular flexibility index (Phi) is 6.23. The fraction of sp³-hybridized carbons (Fsp3) is 0.318. The van der Waals surface area contributed by atoms with E-state index in [0.29, 0.717) is 35.5 Å². The van der Waals surface area contributed by atoms with Crippen LogP contribution in [0.15, 0.2) is 48.5 Å². The molecule has 29 heavy (non-hydrogen) atoms. The van der Waals surface area contributed by atoms with Gasteiger partial charge >= 0.3 is 0 Å². The van der Waals surface area contributed by atoms with E-state index < -0.39 is 6.10 Å². The van der Waals surface area contributed by atoms with Crippen LogP contribution in [0.4, 0.5) is 0 Å². The molecule has 1 aliphatic heterocycles. The molecule has 0 aliphatic carbocycles. The third kappa shape index (κ3) is 4.34. The molecule has 2 aromatic carbocycles. The molecule has 0 amide bonds. The van der Waals surface area contributed by atoms with E-state index in [1.54, 1.807) is 0 Å². The van der Waals surface area contributed by atoms with E-state index in [1.807, 2.05) is 60.1 Å². The standard InChI is InChI=1S/C22H23Cl2N3O2/c1-15-21(20(28)14-26-10-12-29-13-11-26)25-27(19-5-3-2-4-18(19)24)22(15)16-6-8-17(23)9-7-16/h2-9,20,28H,10-14H2,1H3. The van der Waals surface area contributed by atoms with Crippen LogP contribution in [0.5, 0.6) is 0 Å². The number of aliphatic hydroxyl groups excluding tert-OH is 1. The van der Waals surface area contributed by atoms with Crippen molar-refractivity contribution in [2.45, 2.75) is 13.0 Å². The summed E-state index contributed by atoms with van der Waals surface area (Å²) in [6.07, 6.45) is -0.706. The molecular formula is C22H23Cl2N3O2. The van der Waals surface area contributed by atoms with Crippen molar-refractivity contribution in [3.05, 3.63) is 69.8 Å². The lowest BCUT2D eigenvalue weighted by atomic mass is 10.0. The Bertz CT molecular complexity index is 982. The van der Waals surface area contributed by atoms with Gasteiger partial charge in [0, 0.05) is 35.8 Å². The van der Waals surface area contributed by atoms with Crippen LogP contribution in [0.3, 0.4) is 0 Å². The highest BCUT2D eigenvalue weighted by Crippen LogP contribution is 2.34. The Labute approximate surface area is 180 Å². The fourth-order valence-corrected chi connectivity index (χ4v) is 4.03. The quantitative estimate of drug-likeness (QED) is 0.644. The van der Waals surface area contributed by atoms with Crippen LogP contribution >= 0.6 is 23.2 Å². The van der Waals surface area contributed by atoms with Gasteiger partial charge in [-0.15, -0.1) is 0 Å². The molecule has 1 saturated heterocycles. The van der Waals surface area contributed by atoms with Gasteiger partial charge in [-0.3, -0.25) is 4.90 Å². The molecule has 0 bridgehead atoms. The van der Waals surface area contributed by atoms with Crippen LogP contribution in [0.1, 0.15) is 17.4 Å². The molecule has 0 radical (unpaired) electrons. The highest BCUT2D eigenvalue weighted by atomic mass is 35.5. The fourth-order valence-electron chi connectivity index (χ4n) is 3.69. The Hall–Kier alpha value is -1.89. The highest BCUT2D eigenvalue weighted by Gasteiger charge is 2.25. The van der Waals surface area contributed by atoms with E-state index in [-0.39, 0.29) is 0 Å². The lowest BCUT2D eigenvalue weighted by Gasteiger charge is -2.28. The molecule has 3 aromatic rings. The first kappa shape index (κ1) is 20.4. The van der Waals surface area contributed by atoms with Gasteiger partial charge in [-0.05, 0) is 31.2 Å². The lowest BCUT2D eigenvalue weighted by molar-refractivity contribution is 0.0134. The second-order valence-electron chi connectivity index (χ2n) is 7.16. The molecule has 0 saturated carbocycles. The van der Waals surface area contributed by atoms with Crippen LogP contribution in [-0.2, 0) is 4.74 Å². The minimum atomic E-state index is -0.706. The zero-order chi connectivity index (χ0) is 20.4. The molecule has 1 aromatic heterocycles. The van der Waals surface area contributed by atoms with E-state index in [0.717, 1.165) is 35.6 Å². The summed E-state index contributed by atoms with van der Waals surface area (Å²) in [6.45, 7) is 5.51. The van der Waals surface area contributed by atoms with Crippen LogP contribution in [0, 0.1) is 6.92 Å². The van der Waals surface area contributed by atoms with Gasteiger partial charge in [-0.2, -0.15) is 5.10 Å². The van der Waals surface area contributed by atoms with Crippen LogP contribution in [-0.4, -0.2) is 52.6 Å². The highest BCUT2D eigenvalue weighted by molar-refractivity contribution is 6.32. The smallest absolute Gasteiger partial charge is 0.111 e. The predicted octanol–water partition coefficient (Wildman–Crippen LogP) is 4.52. The first-order valence-corrected chi connectivity index (χ1v) is 10.4. The number of para-hydroxylation sites is 1. The molecule has 4 rings (SSSR count). The van der Waals surface area contributed by atoms with E-state index in [9.17, 15) is 5.11 Å². The van der Waals surface area contributed by atoms with Crippen LogP contribution in [0.25, 0.3) is 16.9 Å². The predicted molar refractivity (Wildman–Crippen MR) is 116 cm³/mol. The van der Waals surface area contributed by atoms with Crippen molar-refractivity contribution in [1.29, 1.82) is 0 Å². The summed E-state index contributed by atoms with van der Waals surface area (Å²) >= 11 is 12.6. The number of nitrogens with zero attached hydrogens (tertiary/aromatic N) is 3. The molecule has 1 aliphatic rings. The Morgan fingerprint density at radius 2 is 1.76 bits per heavy atom. The van der Waals surface area contributed by atoms with Gasteiger partial charge in [0.25, 0.3) is 0 Å². The van der Waals surface area contributed by atoms with Gasteiger partial charge < -0.3 is 9.84 Å². The minimum absolute atomic E-state index is 0.518. The maximum Gasteiger partial charge on any atom is 0.111 e. The van der Waals surface area contributed by atoms with Crippen molar-refractivity contribution in [3.63, 3.8) is 0 Å². The third-order valence-corrected chi connectivity index (χ3v) is 5.78. The van der Waals surface area contributed by atoms with E-state index in [1.165, 1.54) is 0 Å². The number of aliphatic hydroxyl groups is 1. The monoisotopic (exact) mass is 431 g/mol. The van der Waals surface area contributed by atoms with E-state index in [4.69, 9.17) is 33.0 Å². The molecule has 1 unspecified atom stereocenters. The number of hydrogen-bond donors (Lipinski definition) is 1. The zero-order valence-electron chi connectivity index (χ0n) is 16.2. The SMILES string of the molecule is Cc1c(C(O)CN2CCOCC2)nn(-c2ccccc2Cl)c1-c1ccc(Cl)cc1. The summed E-state index contributed by atoms with van der Waals surface area (Å²) in [4.78, 5) is 2.20. The summed E-state index contributed by atoms with van der Waals surface area (Å²) in [7, 11) is 0. The maximum atomic E-state index is 11.0. The number of hydrogen-bond acceptors (Lipinski definition) is 4. The molecule has 152 valence electrons. The van der Waals surface area contributed by atoms with Crippen molar-refractivity contribution in [1.82, 2.24) is 14.7 Å². The van der Waals surface area contributed by atoms with Crippen LogP contribution < -0.4 is 0 Å². The minimum Gasteiger partial charge on any atom is -0.385 e. The van der Waals surface area contributed by atoms with Crippen molar-refractivity contribution in [2.75, 3.05) is 32.8 Å².